The van der Waals surface area contributed by atoms with Crippen LogP contribution in [0.15, 0.2) is 24.3 Å². The van der Waals surface area contributed by atoms with E-state index < -0.39 is 5.60 Å². The smallest absolute Gasteiger partial charge is 0.306 e. The standard InChI is InChI=1S/C17H25NO3/c1-13-6-5-7-14(12-13)10-11-18-15(19)8-9-16(20)21-17(2,3)4/h5-7,12H,8-11H2,1-4H3,(H,18,19). The Morgan fingerprint density at radius 1 is 1.19 bits per heavy atom. The molecule has 4 heteroatoms. The average molecular weight is 291 g/mol. The highest BCUT2D eigenvalue weighted by Gasteiger charge is 2.16. The van der Waals surface area contributed by atoms with Gasteiger partial charge in [0.15, 0.2) is 0 Å². The van der Waals surface area contributed by atoms with E-state index in [2.05, 4.69) is 11.4 Å². The maximum Gasteiger partial charge on any atom is 0.306 e. The van der Waals surface area contributed by atoms with Gasteiger partial charge in [0.1, 0.15) is 5.60 Å². The van der Waals surface area contributed by atoms with Crippen molar-refractivity contribution in [1.82, 2.24) is 5.32 Å². The molecule has 1 rings (SSSR count). The first-order chi connectivity index (χ1) is 9.76. The minimum atomic E-state index is -0.501. The van der Waals surface area contributed by atoms with Crippen molar-refractivity contribution < 1.29 is 14.3 Å². The number of hydrogen-bond acceptors (Lipinski definition) is 3. The third-order valence-corrected chi connectivity index (χ3v) is 2.79. The Balaban J connectivity index is 2.21. The summed E-state index contributed by atoms with van der Waals surface area (Å²) in [6.45, 7) is 8.06. The topological polar surface area (TPSA) is 55.4 Å². The van der Waals surface area contributed by atoms with Crippen LogP contribution >= 0.6 is 0 Å². The largest absolute Gasteiger partial charge is 0.460 e. The quantitative estimate of drug-likeness (QED) is 0.820. The number of hydrogen-bond donors (Lipinski definition) is 1. The summed E-state index contributed by atoms with van der Waals surface area (Å²) in [5, 5.41) is 2.82. The van der Waals surface area contributed by atoms with E-state index in [1.165, 1.54) is 11.1 Å². The molecule has 0 saturated heterocycles. The van der Waals surface area contributed by atoms with Crippen LogP contribution in [0.4, 0.5) is 0 Å². The molecule has 0 heterocycles. The van der Waals surface area contributed by atoms with Gasteiger partial charge in [0.25, 0.3) is 0 Å². The molecule has 0 aromatic heterocycles. The van der Waals surface area contributed by atoms with Crippen LogP contribution < -0.4 is 5.32 Å². The van der Waals surface area contributed by atoms with Crippen LogP contribution in [-0.4, -0.2) is 24.0 Å². The Morgan fingerprint density at radius 3 is 2.52 bits per heavy atom. The second-order valence-electron chi connectivity index (χ2n) is 6.18. The zero-order chi connectivity index (χ0) is 15.9. The van der Waals surface area contributed by atoms with Gasteiger partial charge < -0.3 is 10.1 Å². The van der Waals surface area contributed by atoms with Crippen molar-refractivity contribution in [2.45, 2.75) is 52.6 Å². The first-order valence-corrected chi connectivity index (χ1v) is 7.30. The fraction of sp³-hybridized carbons (Fsp3) is 0.529. The Bertz CT molecular complexity index is 489. The Hall–Kier alpha value is -1.84. The molecule has 0 bridgehead atoms. The molecule has 0 saturated carbocycles. The van der Waals surface area contributed by atoms with Gasteiger partial charge in [-0.2, -0.15) is 0 Å². The summed E-state index contributed by atoms with van der Waals surface area (Å²) in [7, 11) is 0. The molecule has 4 nitrogen and oxygen atoms in total. The van der Waals surface area contributed by atoms with Crippen LogP contribution in [0.25, 0.3) is 0 Å². The van der Waals surface area contributed by atoms with Gasteiger partial charge in [0.2, 0.25) is 5.91 Å². The molecule has 0 aliphatic rings. The Labute approximate surface area is 126 Å². The fourth-order valence-electron chi connectivity index (χ4n) is 1.91. The number of nitrogens with one attached hydrogen (secondary N) is 1. The van der Waals surface area contributed by atoms with Crippen molar-refractivity contribution in [3.8, 4) is 0 Å². The normalized spacial score (nSPS) is 11.0. The maximum absolute atomic E-state index is 11.7. The van der Waals surface area contributed by atoms with Gasteiger partial charge in [-0.3, -0.25) is 9.59 Å². The maximum atomic E-state index is 11.7. The number of esters is 1. The zero-order valence-corrected chi connectivity index (χ0v) is 13.4. The zero-order valence-electron chi connectivity index (χ0n) is 13.4. The number of rotatable bonds is 6. The molecule has 1 N–H and O–H groups in total. The second-order valence-corrected chi connectivity index (χ2v) is 6.18. The lowest BCUT2D eigenvalue weighted by Crippen LogP contribution is -2.28. The highest BCUT2D eigenvalue weighted by atomic mass is 16.6. The summed E-state index contributed by atoms with van der Waals surface area (Å²) in [6, 6.07) is 8.20. The summed E-state index contributed by atoms with van der Waals surface area (Å²) in [4.78, 5) is 23.1. The predicted molar refractivity (Wildman–Crippen MR) is 83.0 cm³/mol. The number of benzene rings is 1. The van der Waals surface area contributed by atoms with E-state index in [1.54, 1.807) is 0 Å². The minimum Gasteiger partial charge on any atom is -0.460 e. The Morgan fingerprint density at radius 2 is 1.90 bits per heavy atom. The number of carbonyl (C=O) groups excluding carboxylic acids is 2. The molecule has 0 fully saturated rings. The van der Waals surface area contributed by atoms with E-state index >= 15 is 0 Å². The van der Waals surface area contributed by atoms with Crippen molar-refractivity contribution in [3.05, 3.63) is 35.4 Å². The van der Waals surface area contributed by atoms with Gasteiger partial charge in [-0.1, -0.05) is 29.8 Å². The summed E-state index contributed by atoms with van der Waals surface area (Å²) in [6.07, 6.45) is 1.08. The third kappa shape index (κ3) is 8.12. The molecule has 1 aromatic rings. The molecule has 0 unspecified atom stereocenters. The first kappa shape index (κ1) is 17.2. The van der Waals surface area contributed by atoms with E-state index in [0.717, 1.165) is 6.42 Å². The molecular formula is C17H25NO3. The van der Waals surface area contributed by atoms with E-state index in [4.69, 9.17) is 4.74 Å². The lowest BCUT2D eigenvalue weighted by atomic mass is 10.1. The predicted octanol–water partition coefficient (Wildman–Crippen LogP) is 2.78. The van der Waals surface area contributed by atoms with Crippen molar-refractivity contribution in [3.63, 3.8) is 0 Å². The van der Waals surface area contributed by atoms with Crippen molar-refractivity contribution in [1.29, 1.82) is 0 Å². The van der Waals surface area contributed by atoms with Gasteiger partial charge in [0, 0.05) is 13.0 Å². The highest BCUT2D eigenvalue weighted by molar-refractivity contribution is 5.81. The van der Waals surface area contributed by atoms with Crippen LogP contribution in [0.1, 0.15) is 44.7 Å². The minimum absolute atomic E-state index is 0.117. The van der Waals surface area contributed by atoms with Gasteiger partial charge in [-0.05, 0) is 39.7 Å². The number of carbonyl (C=O) groups is 2. The second kappa shape index (κ2) is 7.81. The van der Waals surface area contributed by atoms with Crippen molar-refractivity contribution in [2.75, 3.05) is 6.54 Å². The summed E-state index contributed by atoms with van der Waals surface area (Å²) in [5.41, 5.74) is 1.91. The SMILES string of the molecule is Cc1cccc(CCNC(=O)CCC(=O)OC(C)(C)C)c1. The summed E-state index contributed by atoms with van der Waals surface area (Å²) < 4.78 is 5.16. The number of ether oxygens (including phenoxy) is 1. The van der Waals surface area contributed by atoms with Crippen molar-refractivity contribution in [2.24, 2.45) is 0 Å². The number of amides is 1. The van der Waals surface area contributed by atoms with Crippen LogP contribution in [-0.2, 0) is 20.7 Å². The molecule has 0 atom stereocenters. The molecule has 1 amide bonds. The lowest BCUT2D eigenvalue weighted by Gasteiger charge is -2.19. The molecule has 116 valence electrons. The van der Waals surface area contributed by atoms with Crippen LogP contribution in [0.3, 0.4) is 0 Å². The van der Waals surface area contributed by atoms with Crippen molar-refractivity contribution >= 4 is 11.9 Å². The van der Waals surface area contributed by atoms with Crippen LogP contribution in [0.2, 0.25) is 0 Å². The van der Waals surface area contributed by atoms with E-state index in [0.29, 0.717) is 6.54 Å². The molecule has 0 aliphatic carbocycles. The molecule has 0 radical (unpaired) electrons. The van der Waals surface area contributed by atoms with E-state index in [9.17, 15) is 9.59 Å². The fourth-order valence-corrected chi connectivity index (χ4v) is 1.91. The molecule has 21 heavy (non-hydrogen) atoms. The van der Waals surface area contributed by atoms with Crippen LogP contribution in [0, 0.1) is 6.92 Å². The van der Waals surface area contributed by atoms with Gasteiger partial charge in [0.05, 0.1) is 6.42 Å². The van der Waals surface area contributed by atoms with E-state index in [1.807, 2.05) is 45.9 Å². The highest BCUT2D eigenvalue weighted by Crippen LogP contribution is 2.09. The monoisotopic (exact) mass is 291 g/mol. The van der Waals surface area contributed by atoms with Crippen LogP contribution in [0.5, 0.6) is 0 Å². The summed E-state index contributed by atoms with van der Waals surface area (Å²) >= 11 is 0. The lowest BCUT2D eigenvalue weighted by molar-refractivity contribution is -0.155. The first-order valence-electron chi connectivity index (χ1n) is 7.30. The molecular weight excluding hydrogens is 266 g/mol. The summed E-state index contributed by atoms with van der Waals surface area (Å²) in [5.74, 6) is -0.454. The molecule has 0 spiro atoms. The average Bonchev–Trinajstić information content (AvgIpc) is 2.34. The van der Waals surface area contributed by atoms with E-state index in [-0.39, 0.29) is 24.7 Å². The molecule has 0 aliphatic heterocycles. The Kier molecular flexibility index (Phi) is 6.40. The van der Waals surface area contributed by atoms with Gasteiger partial charge >= 0.3 is 5.97 Å². The molecule has 1 aromatic carbocycles. The van der Waals surface area contributed by atoms with Gasteiger partial charge in [-0.15, -0.1) is 0 Å². The van der Waals surface area contributed by atoms with Gasteiger partial charge in [-0.25, -0.2) is 0 Å². The number of aryl methyl sites for hydroxylation is 1. The third-order valence-electron chi connectivity index (χ3n) is 2.79.